The molecule has 0 radical (unpaired) electrons. The summed E-state index contributed by atoms with van der Waals surface area (Å²) in [5.41, 5.74) is 0.207. The van der Waals surface area contributed by atoms with Gasteiger partial charge in [-0.1, -0.05) is 23.2 Å². The molecule has 0 aliphatic heterocycles. The Kier molecular flexibility index (Phi) is 2.94. The summed E-state index contributed by atoms with van der Waals surface area (Å²) < 4.78 is 5.11. The molecule has 16 heavy (non-hydrogen) atoms. The lowest BCUT2D eigenvalue weighted by atomic mass is 10.1. The van der Waals surface area contributed by atoms with Crippen molar-refractivity contribution in [2.45, 2.75) is 18.4 Å². The zero-order valence-electron chi connectivity index (χ0n) is 8.59. The van der Waals surface area contributed by atoms with Crippen molar-refractivity contribution in [1.29, 1.82) is 0 Å². The molecule has 3 nitrogen and oxygen atoms in total. The van der Waals surface area contributed by atoms with E-state index in [1.807, 2.05) is 0 Å². The van der Waals surface area contributed by atoms with Gasteiger partial charge in [-0.25, -0.2) is 4.79 Å². The number of benzene rings is 1. The number of hydrogen-bond acceptors (Lipinski definition) is 3. The Labute approximate surface area is 103 Å². The smallest absolute Gasteiger partial charge is 0.235 e. The third kappa shape index (κ3) is 1.82. The Bertz CT molecular complexity index is 477. The minimum Gasteiger partial charge on any atom is -0.495 e. The van der Waals surface area contributed by atoms with Crippen molar-refractivity contribution < 1.29 is 9.53 Å². The van der Waals surface area contributed by atoms with Crippen molar-refractivity contribution in [1.82, 2.24) is 0 Å². The molecule has 84 valence electrons. The number of aliphatic imine (C=N–C) groups is 1. The number of methoxy groups -OCH3 is 1. The summed E-state index contributed by atoms with van der Waals surface area (Å²) in [5, 5.41) is 0.979. The fourth-order valence-electron chi connectivity index (χ4n) is 1.70. The molecule has 0 spiro atoms. The summed E-state index contributed by atoms with van der Waals surface area (Å²) >= 11 is 12.1. The van der Waals surface area contributed by atoms with Gasteiger partial charge in [0.2, 0.25) is 6.08 Å². The monoisotopic (exact) mass is 257 g/mol. The van der Waals surface area contributed by atoms with E-state index in [2.05, 4.69) is 4.99 Å². The van der Waals surface area contributed by atoms with Crippen molar-refractivity contribution in [2.24, 2.45) is 4.99 Å². The maximum Gasteiger partial charge on any atom is 0.235 e. The Balaban J connectivity index is 2.56. The first-order valence-corrected chi connectivity index (χ1v) is 5.51. The molecule has 1 aliphatic carbocycles. The van der Waals surface area contributed by atoms with Gasteiger partial charge >= 0.3 is 0 Å². The minimum atomic E-state index is -0.531. The van der Waals surface area contributed by atoms with Gasteiger partial charge in [0.1, 0.15) is 11.3 Å². The summed E-state index contributed by atoms with van der Waals surface area (Å²) in [6, 6.07) is 3.36. The normalized spacial score (nSPS) is 16.4. The topological polar surface area (TPSA) is 38.7 Å². The van der Waals surface area contributed by atoms with Gasteiger partial charge in [0.05, 0.1) is 12.1 Å². The van der Waals surface area contributed by atoms with Gasteiger partial charge in [0, 0.05) is 16.7 Å². The van der Waals surface area contributed by atoms with E-state index in [1.54, 1.807) is 18.2 Å². The fraction of sp³-hybridized carbons (Fsp3) is 0.364. The number of isocyanates is 1. The van der Waals surface area contributed by atoms with Crippen molar-refractivity contribution >= 4 is 29.3 Å². The second kappa shape index (κ2) is 4.10. The molecule has 1 aromatic carbocycles. The maximum atomic E-state index is 10.4. The predicted molar refractivity (Wildman–Crippen MR) is 62.0 cm³/mol. The Hall–Kier alpha value is -1.02. The summed E-state index contributed by atoms with van der Waals surface area (Å²) in [6.07, 6.45) is 3.15. The highest BCUT2D eigenvalue weighted by atomic mass is 35.5. The van der Waals surface area contributed by atoms with Gasteiger partial charge in [0.25, 0.3) is 0 Å². The van der Waals surface area contributed by atoms with Gasteiger partial charge in [-0.15, -0.1) is 0 Å². The Morgan fingerprint density at radius 1 is 1.44 bits per heavy atom. The van der Waals surface area contributed by atoms with Gasteiger partial charge in [-0.2, -0.15) is 4.99 Å². The molecule has 0 atom stereocenters. The molecule has 0 unspecified atom stereocenters. The quantitative estimate of drug-likeness (QED) is 0.616. The van der Waals surface area contributed by atoms with Crippen molar-refractivity contribution in [2.75, 3.05) is 7.11 Å². The van der Waals surface area contributed by atoms with Gasteiger partial charge in [0.15, 0.2) is 0 Å². The van der Waals surface area contributed by atoms with Gasteiger partial charge in [-0.05, 0) is 18.9 Å². The lowest BCUT2D eigenvalue weighted by molar-refractivity contribution is 0.414. The number of rotatable bonds is 3. The highest BCUT2D eigenvalue weighted by Gasteiger charge is 2.46. The van der Waals surface area contributed by atoms with Crippen LogP contribution in [0.5, 0.6) is 5.75 Å². The second-order valence-electron chi connectivity index (χ2n) is 3.70. The van der Waals surface area contributed by atoms with Crippen molar-refractivity contribution in [3.05, 3.63) is 27.7 Å². The molecular weight excluding hydrogens is 249 g/mol. The van der Waals surface area contributed by atoms with Gasteiger partial charge in [-0.3, -0.25) is 0 Å². The number of halogens is 2. The highest BCUT2D eigenvalue weighted by Crippen LogP contribution is 2.53. The molecule has 0 heterocycles. The lowest BCUT2D eigenvalue weighted by Crippen LogP contribution is -2.04. The Morgan fingerprint density at radius 3 is 2.62 bits per heavy atom. The van der Waals surface area contributed by atoms with E-state index in [1.165, 1.54) is 7.11 Å². The van der Waals surface area contributed by atoms with Crippen LogP contribution in [0.3, 0.4) is 0 Å². The van der Waals surface area contributed by atoms with E-state index in [9.17, 15) is 4.79 Å². The molecule has 5 heteroatoms. The van der Waals surface area contributed by atoms with Crippen LogP contribution in [0.1, 0.15) is 18.4 Å². The molecule has 1 aromatic rings. The largest absolute Gasteiger partial charge is 0.495 e. The second-order valence-corrected chi connectivity index (χ2v) is 4.52. The SMILES string of the molecule is COc1cc(Cl)cc(C2(N=C=O)CC2)c1Cl. The third-order valence-corrected chi connectivity index (χ3v) is 3.32. The number of ether oxygens (including phenoxy) is 1. The maximum absolute atomic E-state index is 10.4. The van der Waals surface area contributed by atoms with E-state index in [-0.39, 0.29) is 0 Å². The fourth-order valence-corrected chi connectivity index (χ4v) is 2.27. The van der Waals surface area contributed by atoms with E-state index >= 15 is 0 Å². The summed E-state index contributed by atoms with van der Waals surface area (Å²) in [4.78, 5) is 14.2. The number of hydrogen-bond donors (Lipinski definition) is 0. The van der Waals surface area contributed by atoms with E-state index in [4.69, 9.17) is 27.9 Å². The molecule has 1 aliphatic rings. The van der Waals surface area contributed by atoms with E-state index < -0.39 is 5.54 Å². The highest BCUT2D eigenvalue weighted by molar-refractivity contribution is 6.35. The Morgan fingerprint density at radius 2 is 2.12 bits per heavy atom. The molecule has 2 rings (SSSR count). The number of nitrogens with zero attached hydrogens (tertiary/aromatic N) is 1. The summed E-state index contributed by atoms with van der Waals surface area (Å²) in [6.45, 7) is 0. The third-order valence-electron chi connectivity index (χ3n) is 2.71. The van der Waals surface area contributed by atoms with Crippen LogP contribution in [0.2, 0.25) is 10.0 Å². The van der Waals surface area contributed by atoms with Gasteiger partial charge < -0.3 is 4.74 Å². The number of carbonyl (C=O) groups excluding carboxylic acids is 1. The zero-order chi connectivity index (χ0) is 11.8. The molecule has 0 saturated heterocycles. The molecule has 0 aromatic heterocycles. The molecule has 0 N–H and O–H groups in total. The standard InChI is InChI=1S/C11H9Cl2NO2/c1-16-9-5-7(12)4-8(10(9)13)11(2-3-11)14-6-15/h4-5H,2-3H2,1H3. The van der Waals surface area contributed by atoms with Crippen molar-refractivity contribution in [3.8, 4) is 5.75 Å². The average molecular weight is 258 g/mol. The first kappa shape index (κ1) is 11.5. The average Bonchev–Trinajstić information content (AvgIpc) is 3.02. The molecular formula is C11H9Cl2NO2. The first-order valence-electron chi connectivity index (χ1n) is 4.75. The zero-order valence-corrected chi connectivity index (χ0v) is 10.1. The van der Waals surface area contributed by atoms with Crippen LogP contribution in [0.4, 0.5) is 0 Å². The van der Waals surface area contributed by atoms with Crippen LogP contribution in [0.25, 0.3) is 0 Å². The van der Waals surface area contributed by atoms with Crippen LogP contribution in [0.15, 0.2) is 17.1 Å². The van der Waals surface area contributed by atoms with E-state index in [0.29, 0.717) is 15.8 Å². The molecule has 1 fully saturated rings. The first-order chi connectivity index (χ1) is 7.63. The minimum absolute atomic E-state index is 0.461. The summed E-state index contributed by atoms with van der Waals surface area (Å²) in [7, 11) is 1.52. The lowest BCUT2D eigenvalue weighted by Gasteiger charge is -2.13. The summed E-state index contributed by atoms with van der Waals surface area (Å²) in [5.74, 6) is 0.497. The van der Waals surface area contributed by atoms with Crippen LogP contribution < -0.4 is 4.74 Å². The van der Waals surface area contributed by atoms with Crippen LogP contribution >= 0.6 is 23.2 Å². The van der Waals surface area contributed by atoms with Crippen molar-refractivity contribution in [3.63, 3.8) is 0 Å². The van der Waals surface area contributed by atoms with Crippen LogP contribution in [-0.4, -0.2) is 13.2 Å². The molecule has 0 bridgehead atoms. The van der Waals surface area contributed by atoms with Crippen LogP contribution in [0, 0.1) is 0 Å². The molecule has 0 amide bonds. The van der Waals surface area contributed by atoms with E-state index in [0.717, 1.165) is 18.4 Å². The molecule has 1 saturated carbocycles. The van der Waals surface area contributed by atoms with Crippen LogP contribution in [-0.2, 0) is 10.3 Å². The predicted octanol–water partition coefficient (Wildman–Crippen LogP) is 3.33.